The maximum atomic E-state index is 12.5. The minimum atomic E-state index is -0.746. The molecule has 0 aliphatic rings. The Labute approximate surface area is 131 Å². The van der Waals surface area contributed by atoms with E-state index >= 15 is 0 Å². The molecule has 0 spiro atoms. The Balaban J connectivity index is 2.91. The van der Waals surface area contributed by atoms with Gasteiger partial charge >= 0.3 is 5.69 Å². The fourth-order valence-corrected chi connectivity index (χ4v) is 2.26. The Morgan fingerprint density at radius 1 is 1.36 bits per heavy atom. The number of nitrogens with one attached hydrogen (secondary N) is 1. The minimum Gasteiger partial charge on any atom is -0.324 e. The van der Waals surface area contributed by atoms with E-state index in [1.54, 1.807) is 13.1 Å². The van der Waals surface area contributed by atoms with Crippen LogP contribution in [0.1, 0.15) is 19.4 Å². The van der Waals surface area contributed by atoms with E-state index in [2.05, 4.69) is 10.3 Å². The summed E-state index contributed by atoms with van der Waals surface area (Å²) < 4.78 is 2.26. The highest BCUT2D eigenvalue weighted by molar-refractivity contribution is 6.32. The van der Waals surface area contributed by atoms with Gasteiger partial charge in [0.15, 0.2) is 5.65 Å². The number of fused-ring (bicyclic) bond motifs is 1. The van der Waals surface area contributed by atoms with Gasteiger partial charge < -0.3 is 5.32 Å². The molecule has 2 aromatic rings. The Bertz CT molecular complexity index is 867. The normalized spacial score (nSPS) is 12.4. The summed E-state index contributed by atoms with van der Waals surface area (Å²) in [4.78, 5) is 40.6. The molecule has 0 saturated carbocycles. The van der Waals surface area contributed by atoms with Crippen molar-refractivity contribution >= 4 is 34.2 Å². The molecule has 7 nitrogen and oxygen atoms in total. The van der Waals surface area contributed by atoms with E-state index in [0.29, 0.717) is 17.7 Å². The second-order valence-corrected chi connectivity index (χ2v) is 5.68. The summed E-state index contributed by atoms with van der Waals surface area (Å²) in [5, 5.41) is 2.14. The van der Waals surface area contributed by atoms with Gasteiger partial charge in [0.2, 0.25) is 5.91 Å². The van der Waals surface area contributed by atoms with Gasteiger partial charge in [0.05, 0.1) is 5.69 Å². The fourth-order valence-electron chi connectivity index (χ4n) is 2.20. The van der Waals surface area contributed by atoms with Crippen LogP contribution in [0, 0.1) is 0 Å². The van der Waals surface area contributed by atoms with Crippen LogP contribution in [0.15, 0.2) is 15.8 Å². The molecular formula is C14H17ClN4O3. The molecule has 0 radical (unpaired) electrons. The maximum absolute atomic E-state index is 12.5. The largest absolute Gasteiger partial charge is 0.332 e. The van der Waals surface area contributed by atoms with Crippen LogP contribution in [0.3, 0.4) is 0 Å². The standard InChI is InChI=1S/C14H17ClN4O3/c1-5-8-6-16-11-9(10(8)17-12(20)7(2)15)13(21)19(4)14(22)18(11)3/h6-7H,5H2,1-4H3,(H,16,17,20). The predicted octanol–water partition coefficient (Wildman–Crippen LogP) is 0.760. The van der Waals surface area contributed by atoms with Crippen LogP contribution in [0.5, 0.6) is 0 Å². The monoisotopic (exact) mass is 324 g/mol. The molecular weight excluding hydrogens is 308 g/mol. The van der Waals surface area contributed by atoms with Crippen molar-refractivity contribution in [2.24, 2.45) is 14.1 Å². The lowest BCUT2D eigenvalue weighted by atomic mass is 10.1. The Hall–Kier alpha value is -2.15. The molecule has 1 atom stereocenters. The molecule has 22 heavy (non-hydrogen) atoms. The number of rotatable bonds is 3. The molecule has 0 aliphatic carbocycles. The van der Waals surface area contributed by atoms with Gasteiger partial charge in [0.1, 0.15) is 10.8 Å². The number of halogens is 1. The highest BCUT2D eigenvalue weighted by Crippen LogP contribution is 2.23. The van der Waals surface area contributed by atoms with E-state index in [9.17, 15) is 14.4 Å². The molecule has 118 valence electrons. The average Bonchev–Trinajstić information content (AvgIpc) is 2.50. The summed E-state index contributed by atoms with van der Waals surface area (Å²) in [5.41, 5.74) is 0.314. The number of hydrogen-bond donors (Lipinski definition) is 1. The van der Waals surface area contributed by atoms with Crippen molar-refractivity contribution in [2.45, 2.75) is 25.6 Å². The van der Waals surface area contributed by atoms with Crippen LogP contribution in [0.25, 0.3) is 11.0 Å². The predicted molar refractivity (Wildman–Crippen MR) is 85.5 cm³/mol. The number of pyridine rings is 1. The zero-order valence-electron chi connectivity index (χ0n) is 12.8. The summed E-state index contributed by atoms with van der Waals surface area (Å²) in [7, 11) is 2.91. The van der Waals surface area contributed by atoms with E-state index < -0.39 is 22.5 Å². The van der Waals surface area contributed by atoms with Crippen molar-refractivity contribution in [2.75, 3.05) is 5.32 Å². The second-order valence-electron chi connectivity index (χ2n) is 5.02. The number of nitrogens with zero attached hydrogens (tertiary/aromatic N) is 3. The lowest BCUT2D eigenvalue weighted by molar-refractivity contribution is -0.115. The van der Waals surface area contributed by atoms with Gasteiger partial charge in [-0.3, -0.25) is 18.7 Å². The number of aromatic nitrogens is 3. The van der Waals surface area contributed by atoms with Gasteiger partial charge in [-0.2, -0.15) is 0 Å². The SMILES string of the molecule is CCc1cnc2c(c1NC(=O)C(C)Cl)c(=O)n(C)c(=O)n2C. The van der Waals surface area contributed by atoms with Gasteiger partial charge in [-0.25, -0.2) is 9.78 Å². The zero-order chi connectivity index (χ0) is 16.6. The summed E-state index contributed by atoms with van der Waals surface area (Å²) in [6, 6.07) is 0. The zero-order valence-corrected chi connectivity index (χ0v) is 13.6. The van der Waals surface area contributed by atoms with E-state index in [4.69, 9.17) is 11.6 Å². The summed E-state index contributed by atoms with van der Waals surface area (Å²) >= 11 is 5.79. The molecule has 8 heteroatoms. The average molecular weight is 325 g/mol. The Kier molecular flexibility index (Phi) is 4.37. The molecule has 2 rings (SSSR count). The van der Waals surface area contributed by atoms with Crippen LogP contribution in [0.2, 0.25) is 0 Å². The first kappa shape index (κ1) is 16.2. The first-order valence-corrected chi connectivity index (χ1v) is 7.25. The maximum Gasteiger partial charge on any atom is 0.332 e. The molecule has 0 bridgehead atoms. The quantitative estimate of drug-likeness (QED) is 0.845. The number of anilines is 1. The molecule has 0 aromatic carbocycles. The number of amides is 1. The molecule has 1 unspecified atom stereocenters. The fraction of sp³-hybridized carbons (Fsp3) is 0.429. The highest BCUT2D eigenvalue weighted by Gasteiger charge is 2.19. The topological polar surface area (TPSA) is 86.0 Å². The number of carbonyl (C=O) groups is 1. The third-order valence-corrected chi connectivity index (χ3v) is 3.74. The lowest BCUT2D eigenvalue weighted by Gasteiger charge is -2.15. The van der Waals surface area contributed by atoms with Gasteiger partial charge in [-0.1, -0.05) is 6.92 Å². The van der Waals surface area contributed by atoms with E-state index in [1.165, 1.54) is 18.7 Å². The molecule has 1 amide bonds. The molecule has 2 heterocycles. The second kappa shape index (κ2) is 5.92. The molecule has 0 fully saturated rings. The van der Waals surface area contributed by atoms with Crippen LogP contribution in [0.4, 0.5) is 5.69 Å². The smallest absolute Gasteiger partial charge is 0.324 e. The third-order valence-electron chi connectivity index (χ3n) is 3.54. The summed E-state index contributed by atoms with van der Waals surface area (Å²) in [6.45, 7) is 3.43. The third kappa shape index (κ3) is 2.52. The van der Waals surface area contributed by atoms with E-state index in [-0.39, 0.29) is 11.0 Å². The van der Waals surface area contributed by atoms with E-state index in [0.717, 1.165) is 4.57 Å². The van der Waals surface area contributed by atoms with Crippen molar-refractivity contribution in [1.29, 1.82) is 0 Å². The van der Waals surface area contributed by atoms with Crippen molar-refractivity contribution in [1.82, 2.24) is 14.1 Å². The van der Waals surface area contributed by atoms with Crippen LogP contribution in [-0.4, -0.2) is 25.4 Å². The first-order chi connectivity index (χ1) is 10.3. The summed E-state index contributed by atoms with van der Waals surface area (Å²) in [5.74, 6) is -0.417. The first-order valence-electron chi connectivity index (χ1n) is 6.82. The summed E-state index contributed by atoms with van der Waals surface area (Å²) in [6.07, 6.45) is 2.12. The van der Waals surface area contributed by atoms with Crippen LogP contribution in [-0.2, 0) is 25.3 Å². The number of aryl methyl sites for hydroxylation is 2. The Morgan fingerprint density at radius 2 is 2.00 bits per heavy atom. The Morgan fingerprint density at radius 3 is 2.55 bits per heavy atom. The van der Waals surface area contributed by atoms with Gasteiger partial charge in [-0.05, 0) is 18.9 Å². The van der Waals surface area contributed by atoms with Crippen molar-refractivity contribution in [3.05, 3.63) is 32.6 Å². The van der Waals surface area contributed by atoms with Gasteiger partial charge in [-0.15, -0.1) is 11.6 Å². The minimum absolute atomic E-state index is 0.203. The molecule has 2 aromatic heterocycles. The number of hydrogen-bond acceptors (Lipinski definition) is 4. The van der Waals surface area contributed by atoms with Crippen molar-refractivity contribution in [3.63, 3.8) is 0 Å². The lowest BCUT2D eigenvalue weighted by Crippen LogP contribution is -2.38. The van der Waals surface area contributed by atoms with Crippen molar-refractivity contribution in [3.8, 4) is 0 Å². The molecule has 1 N–H and O–H groups in total. The van der Waals surface area contributed by atoms with Crippen LogP contribution < -0.4 is 16.6 Å². The highest BCUT2D eigenvalue weighted by atomic mass is 35.5. The number of alkyl halides is 1. The van der Waals surface area contributed by atoms with Crippen LogP contribution >= 0.6 is 11.6 Å². The number of carbonyl (C=O) groups excluding carboxylic acids is 1. The molecule has 0 aliphatic heterocycles. The molecule has 0 saturated heterocycles. The van der Waals surface area contributed by atoms with E-state index in [1.807, 2.05) is 6.92 Å². The van der Waals surface area contributed by atoms with Crippen molar-refractivity contribution < 1.29 is 4.79 Å². The van der Waals surface area contributed by atoms with Gasteiger partial charge in [0, 0.05) is 20.3 Å². The van der Waals surface area contributed by atoms with Gasteiger partial charge in [0.25, 0.3) is 5.56 Å².